The van der Waals surface area contributed by atoms with E-state index in [2.05, 4.69) is 194 Å². The molecule has 0 aliphatic heterocycles. The molecule has 0 spiro atoms. The van der Waals surface area contributed by atoms with Gasteiger partial charge in [-0.15, -0.1) is 0 Å². The number of hydrogen-bond donors (Lipinski definition) is 0. The molecule has 0 aliphatic carbocycles. The molecule has 0 amide bonds. The summed E-state index contributed by atoms with van der Waals surface area (Å²) in [6, 6.07) is 73.8. The summed E-state index contributed by atoms with van der Waals surface area (Å²) in [5.41, 5.74) is 13.5. The molecule has 0 radical (unpaired) electrons. The molecule has 0 unspecified atom stereocenters. The SMILES string of the molecule is c1ccc(-c2ccc(-c3nc(-c4ccc(-c5ccccc5)cc4)nc(-c4cccc(-c5ncc(-c6ccccc6)cc5-c5ccc6ccccc6c5)c4)n3)cc2)cc1. The number of nitrogens with zero attached hydrogens (tertiary/aromatic N) is 4. The van der Waals surface area contributed by atoms with Crippen LogP contribution in [-0.2, 0) is 0 Å². The van der Waals surface area contributed by atoms with Gasteiger partial charge in [0.2, 0.25) is 0 Å². The first-order chi connectivity index (χ1) is 28.7. The Bertz CT molecular complexity index is 2920. The van der Waals surface area contributed by atoms with E-state index in [-0.39, 0.29) is 0 Å². The van der Waals surface area contributed by atoms with E-state index in [9.17, 15) is 0 Å². The van der Waals surface area contributed by atoms with Gasteiger partial charge in [-0.25, -0.2) is 15.0 Å². The molecule has 8 aromatic carbocycles. The normalized spacial score (nSPS) is 11.1. The van der Waals surface area contributed by atoms with Crippen LogP contribution in [0.2, 0.25) is 0 Å². The van der Waals surface area contributed by atoms with E-state index in [0.717, 1.165) is 72.5 Å². The summed E-state index contributed by atoms with van der Waals surface area (Å²) >= 11 is 0. The lowest BCUT2D eigenvalue weighted by Crippen LogP contribution is -2.00. The summed E-state index contributed by atoms with van der Waals surface area (Å²) < 4.78 is 0. The van der Waals surface area contributed by atoms with Crippen LogP contribution < -0.4 is 0 Å². The van der Waals surface area contributed by atoms with Crippen molar-refractivity contribution in [3.8, 4) is 89.9 Å². The average molecular weight is 741 g/mol. The Labute approximate surface area is 337 Å². The van der Waals surface area contributed by atoms with Crippen molar-refractivity contribution in [3.05, 3.63) is 219 Å². The summed E-state index contributed by atoms with van der Waals surface area (Å²) in [7, 11) is 0. The van der Waals surface area contributed by atoms with E-state index in [1.165, 1.54) is 10.8 Å². The monoisotopic (exact) mass is 740 g/mol. The summed E-state index contributed by atoms with van der Waals surface area (Å²) in [6.45, 7) is 0. The van der Waals surface area contributed by atoms with Crippen molar-refractivity contribution < 1.29 is 0 Å². The first kappa shape index (κ1) is 34.7. The molecule has 10 rings (SSSR count). The highest BCUT2D eigenvalue weighted by atomic mass is 15.0. The summed E-state index contributed by atoms with van der Waals surface area (Å²) in [5.74, 6) is 1.81. The van der Waals surface area contributed by atoms with Crippen LogP contribution in [0.4, 0.5) is 0 Å². The fraction of sp³-hybridized carbons (Fsp3) is 0. The number of fused-ring (bicyclic) bond motifs is 1. The molecule has 0 N–H and O–H groups in total. The molecule has 0 saturated heterocycles. The van der Waals surface area contributed by atoms with Crippen molar-refractivity contribution in [3.63, 3.8) is 0 Å². The van der Waals surface area contributed by atoms with E-state index in [1.807, 2.05) is 24.4 Å². The van der Waals surface area contributed by atoms with Gasteiger partial charge in [-0.1, -0.05) is 194 Å². The zero-order valence-corrected chi connectivity index (χ0v) is 31.6. The third kappa shape index (κ3) is 7.07. The van der Waals surface area contributed by atoms with Crippen molar-refractivity contribution in [1.29, 1.82) is 0 Å². The Kier molecular flexibility index (Phi) is 9.18. The number of hydrogen-bond acceptors (Lipinski definition) is 4. The molecule has 0 saturated carbocycles. The Hall–Kier alpha value is -7.82. The molecule has 0 atom stereocenters. The second-order valence-electron chi connectivity index (χ2n) is 14.3. The number of pyridine rings is 1. The summed E-state index contributed by atoms with van der Waals surface area (Å²) in [5, 5.41) is 2.39. The lowest BCUT2D eigenvalue weighted by Gasteiger charge is -2.14. The van der Waals surface area contributed by atoms with Crippen molar-refractivity contribution in [2.24, 2.45) is 0 Å². The van der Waals surface area contributed by atoms with Crippen molar-refractivity contribution in [2.75, 3.05) is 0 Å². The Morgan fingerprint density at radius 2 is 0.655 bits per heavy atom. The molecule has 4 heteroatoms. The maximum atomic E-state index is 5.16. The van der Waals surface area contributed by atoms with Crippen molar-refractivity contribution in [1.82, 2.24) is 19.9 Å². The lowest BCUT2D eigenvalue weighted by molar-refractivity contribution is 1.07. The lowest BCUT2D eigenvalue weighted by atomic mass is 9.94. The van der Waals surface area contributed by atoms with Gasteiger partial charge in [0, 0.05) is 39.6 Å². The quantitative estimate of drug-likeness (QED) is 0.156. The van der Waals surface area contributed by atoms with Gasteiger partial charge in [0.1, 0.15) is 0 Å². The van der Waals surface area contributed by atoms with Crippen LogP contribution in [0.15, 0.2) is 219 Å². The zero-order chi connectivity index (χ0) is 38.7. The molecule has 272 valence electrons. The van der Waals surface area contributed by atoms with Gasteiger partial charge < -0.3 is 0 Å². The van der Waals surface area contributed by atoms with E-state index in [0.29, 0.717) is 17.5 Å². The van der Waals surface area contributed by atoms with Gasteiger partial charge >= 0.3 is 0 Å². The van der Waals surface area contributed by atoms with E-state index in [1.54, 1.807) is 0 Å². The molecule has 0 fully saturated rings. The predicted octanol–water partition coefficient (Wildman–Crippen LogP) is 13.8. The van der Waals surface area contributed by atoms with Gasteiger partial charge in [0.05, 0.1) is 5.69 Å². The largest absolute Gasteiger partial charge is 0.255 e. The van der Waals surface area contributed by atoms with Crippen molar-refractivity contribution >= 4 is 10.8 Å². The van der Waals surface area contributed by atoms with E-state index >= 15 is 0 Å². The highest BCUT2D eigenvalue weighted by Crippen LogP contribution is 2.37. The van der Waals surface area contributed by atoms with Crippen LogP contribution in [-0.4, -0.2) is 19.9 Å². The Morgan fingerprint density at radius 3 is 1.22 bits per heavy atom. The first-order valence-corrected chi connectivity index (χ1v) is 19.5. The topological polar surface area (TPSA) is 51.6 Å². The predicted molar refractivity (Wildman–Crippen MR) is 239 cm³/mol. The van der Waals surface area contributed by atoms with E-state index in [4.69, 9.17) is 19.9 Å². The molecule has 2 heterocycles. The molecule has 58 heavy (non-hydrogen) atoms. The van der Waals surface area contributed by atoms with Crippen LogP contribution in [0.1, 0.15) is 0 Å². The smallest absolute Gasteiger partial charge is 0.164 e. The van der Waals surface area contributed by atoms with Gasteiger partial charge in [-0.3, -0.25) is 4.98 Å². The highest BCUT2D eigenvalue weighted by Gasteiger charge is 2.17. The maximum Gasteiger partial charge on any atom is 0.164 e. The Balaban J connectivity index is 1.09. The fourth-order valence-corrected chi connectivity index (χ4v) is 7.51. The number of aromatic nitrogens is 4. The standard InChI is InChI=1S/C54H36N4/c1-4-13-37(14-5-1)41-23-28-43(29-24-41)52-56-53(44-30-25-42(26-31-44)38-15-6-2-7-16-38)58-54(57-52)48-22-12-21-47(34-48)51-50(35-49(36-55-51)39-17-8-3-9-18-39)46-32-27-40-19-10-11-20-45(40)33-46/h1-36H. The van der Waals surface area contributed by atoms with Crippen LogP contribution >= 0.6 is 0 Å². The first-order valence-electron chi connectivity index (χ1n) is 19.5. The average Bonchev–Trinajstić information content (AvgIpc) is 3.32. The molecule has 0 aliphatic rings. The minimum atomic E-state index is 0.592. The zero-order valence-electron chi connectivity index (χ0n) is 31.6. The maximum absolute atomic E-state index is 5.16. The molecule has 10 aromatic rings. The second kappa shape index (κ2) is 15.4. The van der Waals surface area contributed by atoms with Gasteiger partial charge in [-0.05, 0) is 62.4 Å². The summed E-state index contributed by atoms with van der Waals surface area (Å²) in [4.78, 5) is 20.5. The van der Waals surface area contributed by atoms with Gasteiger partial charge in [0.25, 0.3) is 0 Å². The number of rotatable bonds is 8. The third-order valence-electron chi connectivity index (χ3n) is 10.6. The minimum absolute atomic E-state index is 0.592. The van der Waals surface area contributed by atoms with Crippen LogP contribution in [0.5, 0.6) is 0 Å². The molecular formula is C54H36N4. The Morgan fingerprint density at radius 1 is 0.241 bits per heavy atom. The summed E-state index contributed by atoms with van der Waals surface area (Å²) in [6.07, 6.45) is 1.97. The molecule has 0 bridgehead atoms. The molecule has 4 nitrogen and oxygen atoms in total. The third-order valence-corrected chi connectivity index (χ3v) is 10.6. The molecule has 2 aromatic heterocycles. The minimum Gasteiger partial charge on any atom is -0.255 e. The highest BCUT2D eigenvalue weighted by molar-refractivity contribution is 5.92. The second-order valence-corrected chi connectivity index (χ2v) is 14.3. The van der Waals surface area contributed by atoms with Crippen molar-refractivity contribution in [2.45, 2.75) is 0 Å². The van der Waals surface area contributed by atoms with Crippen LogP contribution in [0.3, 0.4) is 0 Å². The van der Waals surface area contributed by atoms with E-state index < -0.39 is 0 Å². The molecular weight excluding hydrogens is 705 g/mol. The van der Waals surface area contributed by atoms with Gasteiger partial charge in [-0.2, -0.15) is 0 Å². The number of benzene rings is 8. The van der Waals surface area contributed by atoms with Gasteiger partial charge in [0.15, 0.2) is 17.5 Å². The van der Waals surface area contributed by atoms with Crippen LogP contribution in [0.25, 0.3) is 101 Å². The van der Waals surface area contributed by atoms with Crippen LogP contribution in [0, 0.1) is 0 Å². The fourth-order valence-electron chi connectivity index (χ4n) is 7.51.